The van der Waals surface area contributed by atoms with Crippen LogP contribution in [0.5, 0.6) is 0 Å². The second-order valence-electron chi connectivity index (χ2n) is 3.49. The SMILES string of the molecule is CC(C)CCCCCOS(=O)(=O)O.[NaH]. The molecule has 6 heteroatoms. The van der Waals surface area contributed by atoms with Gasteiger partial charge in [0.2, 0.25) is 0 Å². The van der Waals surface area contributed by atoms with Crippen LogP contribution in [0.4, 0.5) is 0 Å². The van der Waals surface area contributed by atoms with E-state index in [1.165, 1.54) is 0 Å². The number of unbranched alkanes of at least 4 members (excludes halogenated alkanes) is 2. The molecule has 0 aliphatic heterocycles. The van der Waals surface area contributed by atoms with Gasteiger partial charge < -0.3 is 0 Å². The van der Waals surface area contributed by atoms with Gasteiger partial charge in [0.15, 0.2) is 0 Å². The van der Waals surface area contributed by atoms with Gasteiger partial charge >= 0.3 is 40.0 Å². The van der Waals surface area contributed by atoms with Crippen LogP contribution < -0.4 is 0 Å². The van der Waals surface area contributed by atoms with Gasteiger partial charge in [-0.2, -0.15) is 8.42 Å². The molecule has 0 rings (SSSR count). The molecule has 0 radical (unpaired) electrons. The van der Waals surface area contributed by atoms with Crippen molar-refractivity contribution in [2.24, 2.45) is 5.92 Å². The van der Waals surface area contributed by atoms with Crippen molar-refractivity contribution < 1.29 is 17.2 Å². The van der Waals surface area contributed by atoms with Crippen LogP contribution in [-0.2, 0) is 14.6 Å². The molecule has 0 fully saturated rings. The van der Waals surface area contributed by atoms with Crippen molar-refractivity contribution in [1.29, 1.82) is 0 Å². The molecule has 0 saturated carbocycles. The van der Waals surface area contributed by atoms with E-state index in [1.54, 1.807) is 0 Å². The quantitative estimate of drug-likeness (QED) is 0.410. The molecule has 0 heterocycles. The van der Waals surface area contributed by atoms with Crippen molar-refractivity contribution in [1.82, 2.24) is 0 Å². The Kier molecular flexibility index (Phi) is 11.3. The van der Waals surface area contributed by atoms with Crippen LogP contribution in [0, 0.1) is 5.92 Å². The molecule has 0 spiro atoms. The molecular formula is C8H19NaO4S. The molecule has 0 amide bonds. The summed E-state index contributed by atoms with van der Waals surface area (Å²) in [5.74, 6) is 0.683. The van der Waals surface area contributed by atoms with Crippen LogP contribution >= 0.6 is 0 Å². The first-order chi connectivity index (χ1) is 5.92. The van der Waals surface area contributed by atoms with Crippen LogP contribution in [-0.4, -0.2) is 49.1 Å². The maximum atomic E-state index is 10.1. The van der Waals surface area contributed by atoms with E-state index in [0.717, 1.165) is 19.3 Å². The Morgan fingerprint density at radius 2 is 1.79 bits per heavy atom. The monoisotopic (exact) mass is 234 g/mol. The van der Waals surface area contributed by atoms with Crippen molar-refractivity contribution in [3.63, 3.8) is 0 Å². The Balaban J connectivity index is 0. The normalized spacial score (nSPS) is 11.4. The minimum atomic E-state index is -4.23. The summed E-state index contributed by atoms with van der Waals surface area (Å²) < 4.78 is 32.6. The second-order valence-corrected chi connectivity index (χ2v) is 4.58. The van der Waals surface area contributed by atoms with E-state index in [-0.39, 0.29) is 36.2 Å². The molecule has 14 heavy (non-hydrogen) atoms. The summed E-state index contributed by atoms with van der Waals surface area (Å²) in [6, 6.07) is 0. The van der Waals surface area contributed by atoms with E-state index < -0.39 is 10.4 Å². The Morgan fingerprint density at radius 1 is 1.21 bits per heavy atom. The zero-order chi connectivity index (χ0) is 10.3. The standard InChI is InChI=1S/C8H18O4S.Na.H/c1-8(2)6-4-3-5-7-12-13(9,10)11;;/h8H,3-7H2,1-2H3,(H,9,10,11);;. The second kappa shape index (κ2) is 9.12. The first-order valence-corrected chi connectivity index (χ1v) is 5.90. The molecular weight excluding hydrogens is 215 g/mol. The van der Waals surface area contributed by atoms with Gasteiger partial charge in [0.1, 0.15) is 0 Å². The molecule has 0 aromatic carbocycles. The average Bonchev–Trinajstić information content (AvgIpc) is 1.93. The van der Waals surface area contributed by atoms with Crippen molar-refractivity contribution in [3.05, 3.63) is 0 Å². The summed E-state index contributed by atoms with van der Waals surface area (Å²) in [4.78, 5) is 0. The molecule has 0 bridgehead atoms. The van der Waals surface area contributed by atoms with E-state index >= 15 is 0 Å². The zero-order valence-electron chi connectivity index (χ0n) is 8.19. The van der Waals surface area contributed by atoms with Crippen LogP contribution in [0.3, 0.4) is 0 Å². The van der Waals surface area contributed by atoms with E-state index in [4.69, 9.17) is 4.55 Å². The molecule has 4 nitrogen and oxygen atoms in total. The Labute approximate surface area is 109 Å². The summed E-state index contributed by atoms with van der Waals surface area (Å²) in [6.07, 6.45) is 3.83. The van der Waals surface area contributed by atoms with Gasteiger partial charge in [-0.3, -0.25) is 4.55 Å². The third-order valence-corrected chi connectivity index (χ3v) is 2.12. The van der Waals surface area contributed by atoms with Crippen LogP contribution in [0.1, 0.15) is 39.5 Å². The zero-order valence-corrected chi connectivity index (χ0v) is 9.01. The number of rotatable bonds is 7. The predicted molar refractivity (Wildman–Crippen MR) is 58.0 cm³/mol. The molecule has 82 valence electrons. The number of hydrogen-bond donors (Lipinski definition) is 1. The van der Waals surface area contributed by atoms with Gasteiger partial charge in [-0.25, -0.2) is 4.18 Å². The number of hydrogen-bond acceptors (Lipinski definition) is 3. The van der Waals surface area contributed by atoms with E-state index in [1.807, 2.05) is 0 Å². The molecule has 0 atom stereocenters. The topological polar surface area (TPSA) is 63.6 Å². The van der Waals surface area contributed by atoms with E-state index in [9.17, 15) is 8.42 Å². The van der Waals surface area contributed by atoms with Gasteiger partial charge in [-0.05, 0) is 12.3 Å². The third kappa shape index (κ3) is 15.3. The van der Waals surface area contributed by atoms with Crippen LogP contribution in [0.15, 0.2) is 0 Å². The van der Waals surface area contributed by atoms with Gasteiger partial charge in [-0.15, -0.1) is 0 Å². The van der Waals surface area contributed by atoms with Crippen molar-refractivity contribution in [2.45, 2.75) is 39.5 Å². The van der Waals surface area contributed by atoms with Crippen molar-refractivity contribution >= 4 is 40.0 Å². The van der Waals surface area contributed by atoms with E-state index in [2.05, 4.69) is 18.0 Å². The fraction of sp³-hybridized carbons (Fsp3) is 1.00. The molecule has 0 aromatic heterocycles. The van der Waals surface area contributed by atoms with Gasteiger partial charge in [0, 0.05) is 0 Å². The predicted octanol–water partition coefficient (Wildman–Crippen LogP) is 1.37. The van der Waals surface area contributed by atoms with Gasteiger partial charge in [0.05, 0.1) is 6.61 Å². The fourth-order valence-electron chi connectivity index (χ4n) is 0.996. The Morgan fingerprint density at radius 3 is 2.21 bits per heavy atom. The molecule has 0 aliphatic carbocycles. The van der Waals surface area contributed by atoms with E-state index in [0.29, 0.717) is 12.3 Å². The van der Waals surface area contributed by atoms with Crippen LogP contribution in [0.25, 0.3) is 0 Å². The summed E-state index contributed by atoms with van der Waals surface area (Å²) in [7, 11) is -4.23. The van der Waals surface area contributed by atoms with Gasteiger partial charge in [0.25, 0.3) is 0 Å². The Hall–Kier alpha value is 0.870. The molecule has 1 N–H and O–H groups in total. The molecule has 0 saturated heterocycles. The average molecular weight is 234 g/mol. The molecule has 0 aromatic rings. The van der Waals surface area contributed by atoms with Gasteiger partial charge in [-0.1, -0.05) is 33.1 Å². The Bertz CT molecular complexity index is 213. The molecule has 0 unspecified atom stereocenters. The molecule has 0 aliphatic rings. The van der Waals surface area contributed by atoms with Crippen molar-refractivity contribution in [3.8, 4) is 0 Å². The third-order valence-electron chi connectivity index (χ3n) is 1.66. The van der Waals surface area contributed by atoms with Crippen molar-refractivity contribution in [2.75, 3.05) is 6.61 Å². The summed E-state index contributed by atoms with van der Waals surface area (Å²) >= 11 is 0. The summed E-state index contributed by atoms with van der Waals surface area (Å²) in [5, 5.41) is 0. The van der Waals surface area contributed by atoms with Crippen LogP contribution in [0.2, 0.25) is 0 Å². The first-order valence-electron chi connectivity index (χ1n) is 4.53. The summed E-state index contributed by atoms with van der Waals surface area (Å²) in [5.41, 5.74) is 0. The fourth-order valence-corrected chi connectivity index (χ4v) is 1.32. The summed E-state index contributed by atoms with van der Waals surface area (Å²) in [6.45, 7) is 4.38. The first kappa shape index (κ1) is 17.3. The minimum absolute atomic E-state index is 0. The maximum absolute atomic E-state index is 10.1.